The van der Waals surface area contributed by atoms with E-state index in [0.717, 1.165) is 25.1 Å². The fraction of sp³-hybridized carbons (Fsp3) is 0.611. The molecule has 0 spiro atoms. The van der Waals surface area contributed by atoms with Crippen molar-refractivity contribution in [1.82, 2.24) is 10.2 Å². The lowest BCUT2D eigenvalue weighted by molar-refractivity contribution is -0.126. The zero-order valence-electron chi connectivity index (χ0n) is 14.6. The number of nitrogens with one attached hydrogen (secondary N) is 1. The van der Waals surface area contributed by atoms with Crippen LogP contribution in [0.1, 0.15) is 38.3 Å². The Morgan fingerprint density at radius 1 is 1.38 bits per heavy atom. The molecule has 2 atom stereocenters. The maximum absolute atomic E-state index is 12.4. The molecule has 2 rings (SSSR count). The fourth-order valence-corrected chi connectivity index (χ4v) is 3.18. The molecular weight excluding hydrogens is 326 g/mol. The molecule has 1 aliphatic rings. The van der Waals surface area contributed by atoms with Crippen molar-refractivity contribution in [3.63, 3.8) is 0 Å². The van der Waals surface area contributed by atoms with Crippen LogP contribution in [0.4, 0.5) is 0 Å². The number of hydrogen-bond donors (Lipinski definition) is 2. The highest BCUT2D eigenvalue weighted by Crippen LogP contribution is 2.23. The molecular formula is C18H28ClN3O2. The van der Waals surface area contributed by atoms with Crippen LogP contribution in [0.2, 0.25) is 5.02 Å². The van der Waals surface area contributed by atoms with E-state index in [-0.39, 0.29) is 11.9 Å². The van der Waals surface area contributed by atoms with Gasteiger partial charge in [-0.3, -0.25) is 9.69 Å². The molecule has 5 nitrogen and oxygen atoms in total. The maximum Gasteiger partial charge on any atom is 0.239 e. The van der Waals surface area contributed by atoms with Gasteiger partial charge in [-0.15, -0.1) is 0 Å². The first-order chi connectivity index (χ1) is 11.4. The van der Waals surface area contributed by atoms with E-state index in [9.17, 15) is 4.79 Å². The van der Waals surface area contributed by atoms with Crippen molar-refractivity contribution in [2.45, 2.75) is 38.3 Å². The van der Waals surface area contributed by atoms with Gasteiger partial charge in [-0.05, 0) is 31.0 Å². The number of carbonyl (C=O) groups is 1. The van der Waals surface area contributed by atoms with Gasteiger partial charge in [-0.2, -0.15) is 0 Å². The van der Waals surface area contributed by atoms with Crippen molar-refractivity contribution in [2.24, 2.45) is 5.73 Å². The quantitative estimate of drug-likeness (QED) is 0.789. The summed E-state index contributed by atoms with van der Waals surface area (Å²) in [5.41, 5.74) is 6.44. The minimum Gasteiger partial charge on any atom is -0.379 e. The first kappa shape index (κ1) is 19.2. The first-order valence-corrected chi connectivity index (χ1v) is 8.96. The van der Waals surface area contributed by atoms with Crippen molar-refractivity contribution in [1.29, 1.82) is 0 Å². The second-order valence-electron chi connectivity index (χ2n) is 6.59. The largest absolute Gasteiger partial charge is 0.379 e. The molecule has 1 amide bonds. The van der Waals surface area contributed by atoms with Crippen molar-refractivity contribution in [3.05, 3.63) is 34.9 Å². The van der Waals surface area contributed by atoms with Crippen LogP contribution in [0.25, 0.3) is 0 Å². The molecule has 134 valence electrons. The van der Waals surface area contributed by atoms with Crippen LogP contribution in [0.15, 0.2) is 24.3 Å². The van der Waals surface area contributed by atoms with E-state index in [2.05, 4.69) is 10.2 Å². The van der Waals surface area contributed by atoms with Crippen molar-refractivity contribution >= 4 is 17.5 Å². The van der Waals surface area contributed by atoms with Crippen LogP contribution in [-0.4, -0.2) is 49.2 Å². The topological polar surface area (TPSA) is 67.6 Å². The minimum atomic E-state index is -0.829. The monoisotopic (exact) mass is 353 g/mol. The SMILES string of the molecule is CCCC(C)(N)C(=O)NCC(c1ccc(Cl)cc1)N1CCOCC1. The summed E-state index contributed by atoms with van der Waals surface area (Å²) in [6.07, 6.45) is 1.55. The fourth-order valence-electron chi connectivity index (χ4n) is 3.06. The molecule has 1 aliphatic heterocycles. The van der Waals surface area contributed by atoms with Crippen LogP contribution in [0, 0.1) is 0 Å². The van der Waals surface area contributed by atoms with E-state index in [4.69, 9.17) is 22.1 Å². The predicted molar refractivity (Wildman–Crippen MR) is 97.1 cm³/mol. The molecule has 0 aliphatic carbocycles. The van der Waals surface area contributed by atoms with Crippen molar-refractivity contribution in [3.8, 4) is 0 Å². The molecule has 2 unspecified atom stereocenters. The van der Waals surface area contributed by atoms with Gasteiger partial charge in [-0.1, -0.05) is 37.1 Å². The zero-order valence-corrected chi connectivity index (χ0v) is 15.3. The highest BCUT2D eigenvalue weighted by atomic mass is 35.5. The molecule has 0 aromatic heterocycles. The third kappa shape index (κ3) is 5.18. The molecule has 6 heteroatoms. The number of amides is 1. The van der Waals surface area contributed by atoms with Crippen LogP contribution in [0.5, 0.6) is 0 Å². The van der Waals surface area contributed by atoms with Gasteiger partial charge >= 0.3 is 0 Å². The third-order valence-electron chi connectivity index (χ3n) is 4.49. The number of ether oxygens (including phenoxy) is 1. The number of halogens is 1. The van der Waals surface area contributed by atoms with Gasteiger partial charge in [-0.25, -0.2) is 0 Å². The van der Waals surface area contributed by atoms with E-state index >= 15 is 0 Å². The number of morpholine rings is 1. The summed E-state index contributed by atoms with van der Waals surface area (Å²) in [5.74, 6) is -0.100. The molecule has 0 radical (unpaired) electrons. The zero-order chi connectivity index (χ0) is 17.6. The summed E-state index contributed by atoms with van der Waals surface area (Å²) < 4.78 is 5.45. The van der Waals surface area contributed by atoms with Crippen LogP contribution in [0.3, 0.4) is 0 Å². The number of hydrogen-bond acceptors (Lipinski definition) is 4. The van der Waals surface area contributed by atoms with E-state index in [0.29, 0.717) is 31.2 Å². The average molecular weight is 354 g/mol. The van der Waals surface area contributed by atoms with Gasteiger partial charge in [0.25, 0.3) is 0 Å². The summed E-state index contributed by atoms with van der Waals surface area (Å²) in [7, 11) is 0. The Morgan fingerprint density at radius 3 is 2.58 bits per heavy atom. The van der Waals surface area contributed by atoms with Gasteiger partial charge in [0.15, 0.2) is 0 Å². The molecule has 1 heterocycles. The summed E-state index contributed by atoms with van der Waals surface area (Å²) in [6, 6.07) is 7.89. The van der Waals surface area contributed by atoms with Gasteiger partial charge in [0.1, 0.15) is 0 Å². The average Bonchev–Trinajstić information content (AvgIpc) is 2.57. The Labute approximate surface area is 149 Å². The summed E-state index contributed by atoms with van der Waals surface area (Å²) in [5, 5.41) is 3.75. The van der Waals surface area contributed by atoms with Crippen LogP contribution in [-0.2, 0) is 9.53 Å². The van der Waals surface area contributed by atoms with Crippen molar-refractivity contribution in [2.75, 3.05) is 32.8 Å². The Bertz CT molecular complexity index is 528. The molecule has 1 aromatic carbocycles. The van der Waals surface area contributed by atoms with Crippen LogP contribution < -0.4 is 11.1 Å². The Morgan fingerprint density at radius 2 is 2.00 bits per heavy atom. The lowest BCUT2D eigenvalue weighted by Gasteiger charge is -2.35. The van der Waals surface area contributed by atoms with E-state index in [1.165, 1.54) is 0 Å². The molecule has 0 bridgehead atoms. The number of nitrogens with two attached hydrogens (primary N) is 1. The van der Waals surface area contributed by atoms with Gasteiger partial charge in [0.2, 0.25) is 5.91 Å². The van der Waals surface area contributed by atoms with Gasteiger partial charge in [0.05, 0.1) is 24.8 Å². The molecule has 24 heavy (non-hydrogen) atoms. The second kappa shape index (κ2) is 8.81. The predicted octanol–water partition coefficient (Wildman–Crippen LogP) is 2.35. The highest BCUT2D eigenvalue weighted by Gasteiger charge is 2.29. The van der Waals surface area contributed by atoms with E-state index in [1.807, 2.05) is 31.2 Å². The molecule has 1 saturated heterocycles. The lowest BCUT2D eigenvalue weighted by Crippen LogP contribution is -2.53. The highest BCUT2D eigenvalue weighted by molar-refractivity contribution is 6.30. The number of nitrogens with zero attached hydrogens (tertiary/aromatic N) is 1. The van der Waals surface area contributed by atoms with Crippen molar-refractivity contribution < 1.29 is 9.53 Å². The Balaban J connectivity index is 2.08. The molecule has 1 aromatic rings. The first-order valence-electron chi connectivity index (χ1n) is 8.58. The summed E-state index contributed by atoms with van der Waals surface area (Å²) in [6.45, 7) is 7.46. The second-order valence-corrected chi connectivity index (χ2v) is 7.03. The standard InChI is InChI=1S/C18H28ClN3O2/c1-3-8-18(2,20)17(23)21-13-16(22-9-11-24-12-10-22)14-4-6-15(19)7-5-14/h4-7,16H,3,8-13,20H2,1-2H3,(H,21,23). The van der Waals surface area contributed by atoms with Gasteiger partial charge in [0, 0.05) is 24.7 Å². The lowest BCUT2D eigenvalue weighted by atomic mass is 9.96. The van der Waals surface area contributed by atoms with E-state index in [1.54, 1.807) is 6.92 Å². The number of carbonyl (C=O) groups excluding carboxylic acids is 1. The van der Waals surface area contributed by atoms with E-state index < -0.39 is 5.54 Å². The molecule has 1 fully saturated rings. The minimum absolute atomic E-state index is 0.0903. The number of rotatable bonds is 7. The smallest absolute Gasteiger partial charge is 0.239 e. The molecule has 0 saturated carbocycles. The van der Waals surface area contributed by atoms with Gasteiger partial charge < -0.3 is 15.8 Å². The summed E-state index contributed by atoms with van der Waals surface area (Å²) >= 11 is 6.00. The Hall–Kier alpha value is -1.14. The molecule has 3 N–H and O–H groups in total. The summed E-state index contributed by atoms with van der Waals surface area (Å²) in [4.78, 5) is 14.8. The maximum atomic E-state index is 12.4. The Kier molecular flexibility index (Phi) is 7.04. The third-order valence-corrected chi connectivity index (χ3v) is 4.74. The normalized spacial score (nSPS) is 19.5. The van der Waals surface area contributed by atoms with Crippen LogP contribution >= 0.6 is 11.6 Å². The number of benzene rings is 1.